The molecule has 4 N–H and O–H groups in total. The van der Waals surface area contributed by atoms with Crippen LogP contribution in [-0.2, 0) is 27.4 Å². The molecule has 1 aliphatic carbocycles. The van der Waals surface area contributed by atoms with Crippen LogP contribution in [0, 0.1) is 6.92 Å². The highest BCUT2D eigenvalue weighted by Gasteiger charge is 2.28. The van der Waals surface area contributed by atoms with Gasteiger partial charge in [0.05, 0.1) is 18.8 Å². The average Bonchev–Trinajstić information content (AvgIpc) is 3.42. The molecule has 0 radical (unpaired) electrons. The van der Waals surface area contributed by atoms with Crippen molar-refractivity contribution in [2.45, 2.75) is 46.0 Å². The van der Waals surface area contributed by atoms with Crippen LogP contribution >= 0.6 is 0 Å². The van der Waals surface area contributed by atoms with Gasteiger partial charge < -0.3 is 20.9 Å². The maximum atomic E-state index is 13.0. The molecular formula is C30H32N4O5. The van der Waals surface area contributed by atoms with Gasteiger partial charge in [-0.15, -0.1) is 0 Å². The number of urea groups is 1. The van der Waals surface area contributed by atoms with Crippen LogP contribution < -0.4 is 16.0 Å². The van der Waals surface area contributed by atoms with Crippen molar-refractivity contribution in [1.29, 1.82) is 0 Å². The van der Waals surface area contributed by atoms with E-state index < -0.39 is 0 Å². The lowest BCUT2D eigenvalue weighted by Gasteiger charge is -2.12. The van der Waals surface area contributed by atoms with Gasteiger partial charge in [0, 0.05) is 46.0 Å². The minimum Gasteiger partial charge on any atom is -0.358 e. The summed E-state index contributed by atoms with van der Waals surface area (Å²) in [7, 11) is 0. The number of nitrogens with one attached hydrogen (secondary N) is 4. The topological polar surface area (TPSA) is 122 Å². The highest BCUT2D eigenvalue weighted by atomic mass is 17.2. The number of aromatic nitrogens is 1. The van der Waals surface area contributed by atoms with Gasteiger partial charge in [0.1, 0.15) is 0 Å². The summed E-state index contributed by atoms with van der Waals surface area (Å²) in [6, 6.07) is 12.4. The summed E-state index contributed by atoms with van der Waals surface area (Å²) in [4.78, 5) is 52.0. The van der Waals surface area contributed by atoms with Crippen molar-refractivity contribution in [3.05, 3.63) is 76.1 Å². The molecule has 0 saturated heterocycles. The zero-order valence-electron chi connectivity index (χ0n) is 22.1. The van der Waals surface area contributed by atoms with E-state index in [0.717, 1.165) is 40.9 Å². The molecule has 9 heteroatoms. The molecule has 5 rings (SSSR count). The predicted molar refractivity (Wildman–Crippen MR) is 151 cm³/mol. The number of carbonyl (C=O) groups is 3. The second-order valence-corrected chi connectivity index (χ2v) is 9.70. The van der Waals surface area contributed by atoms with E-state index in [1.54, 1.807) is 18.2 Å². The standard InChI is InChI=1S/C30H32N4O5/c1-3-38-39-15-5-6-21-26(33-25-7-4-8-27(35)28(21)25)17-23-22-16-20(13-14-24(22)34-29(23)36)32-30(37)31-19-11-9-18(2)10-12-19/h9-14,16-17,33H,3-8,15H2,1-2H3,(H,34,36)(H2,31,32,37)/b23-17-. The van der Waals surface area contributed by atoms with Gasteiger partial charge in [-0.2, -0.15) is 0 Å². The molecule has 0 unspecified atom stereocenters. The van der Waals surface area contributed by atoms with Gasteiger partial charge >= 0.3 is 6.03 Å². The molecule has 9 nitrogen and oxygen atoms in total. The number of Topliss-reactive ketones (excluding diaryl/α,β-unsaturated/α-hetero) is 1. The number of aryl methyl sites for hydroxylation is 2. The summed E-state index contributed by atoms with van der Waals surface area (Å²) in [6.07, 6.45) is 5.20. The number of hydrogen-bond acceptors (Lipinski definition) is 5. The minimum absolute atomic E-state index is 0.125. The monoisotopic (exact) mass is 528 g/mol. The van der Waals surface area contributed by atoms with E-state index in [4.69, 9.17) is 9.78 Å². The van der Waals surface area contributed by atoms with Crippen molar-refractivity contribution < 1.29 is 24.2 Å². The van der Waals surface area contributed by atoms with Gasteiger partial charge in [-0.25, -0.2) is 14.6 Å². The van der Waals surface area contributed by atoms with Crippen molar-refractivity contribution in [1.82, 2.24) is 4.98 Å². The van der Waals surface area contributed by atoms with E-state index in [2.05, 4.69) is 20.9 Å². The van der Waals surface area contributed by atoms with Gasteiger partial charge in [0.25, 0.3) is 5.91 Å². The maximum absolute atomic E-state index is 13.0. The fraction of sp³-hybridized carbons (Fsp3) is 0.300. The Balaban J connectivity index is 1.40. The zero-order chi connectivity index (χ0) is 27.4. The fourth-order valence-electron chi connectivity index (χ4n) is 5.01. The van der Waals surface area contributed by atoms with Crippen LogP contribution in [0.5, 0.6) is 0 Å². The number of fused-ring (bicyclic) bond motifs is 2. The van der Waals surface area contributed by atoms with Crippen LogP contribution in [0.1, 0.15) is 64.6 Å². The molecule has 0 atom stereocenters. The van der Waals surface area contributed by atoms with Crippen LogP contribution in [0.4, 0.5) is 21.9 Å². The number of aromatic amines is 1. The number of ketones is 1. The molecule has 1 aliphatic heterocycles. The summed E-state index contributed by atoms with van der Waals surface area (Å²) in [6.45, 7) is 4.71. The van der Waals surface area contributed by atoms with Crippen LogP contribution in [-0.4, -0.2) is 35.9 Å². The number of benzene rings is 2. The lowest BCUT2D eigenvalue weighted by atomic mass is 9.91. The number of hydrogen-bond donors (Lipinski definition) is 4. The maximum Gasteiger partial charge on any atom is 0.323 e. The SMILES string of the molecule is CCOOCCCc1c(/C=C2\C(=O)Nc3ccc(NC(=O)Nc4ccc(C)cc4)cc32)[nH]c2c1C(=O)CCC2. The Hall–Kier alpha value is -4.21. The molecule has 0 saturated carbocycles. The summed E-state index contributed by atoms with van der Waals surface area (Å²) >= 11 is 0. The normalized spacial score (nSPS) is 15.2. The van der Waals surface area contributed by atoms with E-state index in [0.29, 0.717) is 60.7 Å². The Morgan fingerprint density at radius 3 is 2.59 bits per heavy atom. The second kappa shape index (κ2) is 11.7. The summed E-state index contributed by atoms with van der Waals surface area (Å²) in [5.74, 6) is -0.115. The molecule has 0 fully saturated rings. The van der Waals surface area contributed by atoms with E-state index in [1.165, 1.54) is 0 Å². The first-order chi connectivity index (χ1) is 18.9. The first-order valence-corrected chi connectivity index (χ1v) is 13.3. The third-order valence-electron chi connectivity index (χ3n) is 6.84. The van der Waals surface area contributed by atoms with Crippen LogP contribution in [0.3, 0.4) is 0 Å². The van der Waals surface area contributed by atoms with Gasteiger partial charge in [-0.1, -0.05) is 17.7 Å². The number of H-pyrrole nitrogens is 1. The zero-order valence-corrected chi connectivity index (χ0v) is 22.1. The molecule has 2 aromatic carbocycles. The average molecular weight is 529 g/mol. The molecule has 0 spiro atoms. The molecule has 0 bridgehead atoms. The number of amides is 3. The Morgan fingerprint density at radius 2 is 1.79 bits per heavy atom. The van der Waals surface area contributed by atoms with Crippen molar-refractivity contribution in [2.24, 2.45) is 0 Å². The Bertz CT molecular complexity index is 1440. The Morgan fingerprint density at radius 1 is 1.03 bits per heavy atom. The molecule has 3 aromatic rings. The number of carbonyl (C=O) groups excluding carboxylic acids is 3. The molecule has 2 heterocycles. The van der Waals surface area contributed by atoms with E-state index in [1.807, 2.05) is 44.2 Å². The van der Waals surface area contributed by atoms with E-state index in [-0.39, 0.29) is 17.7 Å². The lowest BCUT2D eigenvalue weighted by molar-refractivity contribution is -0.291. The molecule has 3 amide bonds. The predicted octanol–water partition coefficient (Wildman–Crippen LogP) is 5.88. The molecular weight excluding hydrogens is 496 g/mol. The minimum atomic E-state index is -0.381. The van der Waals surface area contributed by atoms with Gasteiger partial charge in [0.2, 0.25) is 0 Å². The first kappa shape index (κ1) is 26.4. The largest absolute Gasteiger partial charge is 0.358 e. The van der Waals surface area contributed by atoms with Crippen LogP contribution in [0.2, 0.25) is 0 Å². The molecule has 202 valence electrons. The van der Waals surface area contributed by atoms with Crippen LogP contribution in [0.15, 0.2) is 42.5 Å². The lowest BCUT2D eigenvalue weighted by Crippen LogP contribution is -2.19. The summed E-state index contributed by atoms with van der Waals surface area (Å²) in [5.41, 5.74) is 7.45. The number of anilines is 3. The highest BCUT2D eigenvalue weighted by molar-refractivity contribution is 6.35. The smallest absolute Gasteiger partial charge is 0.323 e. The molecule has 1 aromatic heterocycles. The van der Waals surface area contributed by atoms with Gasteiger partial charge in [-0.3, -0.25) is 9.59 Å². The first-order valence-electron chi connectivity index (χ1n) is 13.3. The van der Waals surface area contributed by atoms with Gasteiger partial charge in [0.15, 0.2) is 5.78 Å². The quantitative estimate of drug-likeness (QED) is 0.120. The second-order valence-electron chi connectivity index (χ2n) is 9.70. The highest BCUT2D eigenvalue weighted by Crippen LogP contribution is 2.37. The van der Waals surface area contributed by atoms with Gasteiger partial charge in [-0.05, 0) is 81.5 Å². The van der Waals surface area contributed by atoms with Crippen molar-refractivity contribution >= 4 is 46.4 Å². The fourth-order valence-corrected chi connectivity index (χ4v) is 5.01. The third kappa shape index (κ3) is 5.94. The Labute approximate surface area is 226 Å². The van der Waals surface area contributed by atoms with Crippen LogP contribution in [0.25, 0.3) is 11.6 Å². The molecule has 2 aliphatic rings. The van der Waals surface area contributed by atoms with Crippen molar-refractivity contribution in [3.8, 4) is 0 Å². The number of rotatable bonds is 9. The summed E-state index contributed by atoms with van der Waals surface area (Å²) < 4.78 is 0. The third-order valence-corrected chi connectivity index (χ3v) is 6.84. The van der Waals surface area contributed by atoms with E-state index in [9.17, 15) is 14.4 Å². The molecule has 39 heavy (non-hydrogen) atoms. The van der Waals surface area contributed by atoms with Crippen molar-refractivity contribution in [3.63, 3.8) is 0 Å². The van der Waals surface area contributed by atoms with Crippen molar-refractivity contribution in [2.75, 3.05) is 29.2 Å². The van der Waals surface area contributed by atoms with E-state index >= 15 is 0 Å². The Kier molecular flexibility index (Phi) is 7.90. The summed E-state index contributed by atoms with van der Waals surface area (Å²) in [5, 5.41) is 8.55.